The van der Waals surface area contributed by atoms with Gasteiger partial charge in [-0.2, -0.15) is 0 Å². The Hall–Kier alpha value is -2.99. The SMILES string of the molecule is CN=CC(=C(C)N)c1ccc(Cc2cc3c(cc2C)CN([C@H]2CCC[C@@H]2O)C3=O)cn1. The Kier molecular flexibility index (Phi) is 5.92. The molecule has 6 nitrogen and oxygen atoms in total. The van der Waals surface area contributed by atoms with E-state index in [1.165, 1.54) is 5.56 Å². The van der Waals surface area contributed by atoms with Crippen molar-refractivity contribution >= 4 is 17.7 Å². The van der Waals surface area contributed by atoms with Gasteiger partial charge in [0, 0.05) is 42.8 Å². The zero-order valence-electron chi connectivity index (χ0n) is 18.4. The lowest BCUT2D eigenvalue weighted by atomic mass is 9.96. The van der Waals surface area contributed by atoms with Gasteiger partial charge in [-0.1, -0.05) is 12.1 Å². The quantitative estimate of drug-likeness (QED) is 0.729. The van der Waals surface area contributed by atoms with Crippen molar-refractivity contribution in [2.45, 2.75) is 58.2 Å². The smallest absolute Gasteiger partial charge is 0.254 e. The molecule has 31 heavy (non-hydrogen) atoms. The van der Waals surface area contributed by atoms with Crippen molar-refractivity contribution in [3.05, 3.63) is 69.7 Å². The fraction of sp³-hybridized carbons (Fsp3) is 0.400. The van der Waals surface area contributed by atoms with E-state index in [1.54, 1.807) is 13.3 Å². The fourth-order valence-electron chi connectivity index (χ4n) is 4.70. The number of aromatic nitrogens is 1. The Bertz CT molecular complexity index is 1050. The summed E-state index contributed by atoms with van der Waals surface area (Å²) in [6.07, 6.45) is 6.52. The van der Waals surface area contributed by atoms with Crippen molar-refractivity contribution in [3.63, 3.8) is 0 Å². The summed E-state index contributed by atoms with van der Waals surface area (Å²) in [4.78, 5) is 23.6. The number of aliphatic hydroxyl groups is 1. The summed E-state index contributed by atoms with van der Waals surface area (Å²) < 4.78 is 0. The average Bonchev–Trinajstić information content (AvgIpc) is 3.30. The van der Waals surface area contributed by atoms with E-state index in [0.717, 1.165) is 52.8 Å². The van der Waals surface area contributed by atoms with Crippen LogP contribution in [0.15, 0.2) is 41.2 Å². The third-order valence-corrected chi connectivity index (χ3v) is 6.42. The maximum Gasteiger partial charge on any atom is 0.254 e. The number of pyridine rings is 1. The van der Waals surface area contributed by atoms with Gasteiger partial charge in [0.15, 0.2) is 0 Å². The second-order valence-electron chi connectivity index (χ2n) is 8.65. The lowest BCUT2D eigenvalue weighted by molar-refractivity contribution is 0.0479. The Balaban J connectivity index is 1.56. The zero-order valence-corrected chi connectivity index (χ0v) is 18.4. The molecule has 1 aliphatic carbocycles. The van der Waals surface area contributed by atoms with Crippen molar-refractivity contribution in [1.29, 1.82) is 0 Å². The maximum atomic E-state index is 13.1. The van der Waals surface area contributed by atoms with Crippen molar-refractivity contribution in [2.75, 3.05) is 7.05 Å². The Labute approximate surface area is 183 Å². The number of nitrogens with zero attached hydrogens (tertiary/aromatic N) is 3. The van der Waals surface area contributed by atoms with E-state index >= 15 is 0 Å². The number of fused-ring (bicyclic) bond motifs is 1. The fourth-order valence-corrected chi connectivity index (χ4v) is 4.70. The van der Waals surface area contributed by atoms with E-state index in [1.807, 2.05) is 36.2 Å². The Morgan fingerprint density at radius 3 is 2.77 bits per heavy atom. The van der Waals surface area contributed by atoms with Crippen LogP contribution in [0.1, 0.15) is 64.5 Å². The minimum absolute atomic E-state index is 0.0442. The molecule has 2 aromatic rings. The van der Waals surface area contributed by atoms with Gasteiger partial charge in [0.05, 0.1) is 17.8 Å². The molecule has 3 N–H and O–H groups in total. The van der Waals surface area contributed by atoms with Crippen LogP contribution in [-0.4, -0.2) is 46.3 Å². The van der Waals surface area contributed by atoms with Crippen LogP contribution in [0.25, 0.3) is 5.57 Å². The van der Waals surface area contributed by atoms with E-state index in [2.05, 4.69) is 23.0 Å². The predicted octanol–water partition coefficient (Wildman–Crippen LogP) is 3.24. The summed E-state index contributed by atoms with van der Waals surface area (Å²) in [5.74, 6) is 0.0442. The first-order chi connectivity index (χ1) is 14.9. The predicted molar refractivity (Wildman–Crippen MR) is 123 cm³/mol. The molecule has 2 heterocycles. The first kappa shape index (κ1) is 21.2. The van der Waals surface area contributed by atoms with Gasteiger partial charge in [-0.15, -0.1) is 0 Å². The molecule has 0 bridgehead atoms. The average molecular weight is 419 g/mol. The molecule has 1 saturated carbocycles. The van der Waals surface area contributed by atoms with Crippen LogP contribution in [0.4, 0.5) is 0 Å². The van der Waals surface area contributed by atoms with Gasteiger partial charge < -0.3 is 15.7 Å². The number of rotatable bonds is 5. The largest absolute Gasteiger partial charge is 0.402 e. The minimum atomic E-state index is -0.405. The minimum Gasteiger partial charge on any atom is -0.402 e. The number of aliphatic hydroxyl groups excluding tert-OH is 1. The summed E-state index contributed by atoms with van der Waals surface area (Å²) >= 11 is 0. The molecule has 2 aliphatic rings. The highest BCUT2D eigenvalue weighted by Crippen LogP contribution is 2.33. The summed E-state index contributed by atoms with van der Waals surface area (Å²) in [5, 5.41) is 10.3. The summed E-state index contributed by atoms with van der Waals surface area (Å²) in [7, 11) is 1.71. The van der Waals surface area contributed by atoms with Gasteiger partial charge in [0.2, 0.25) is 0 Å². The van der Waals surface area contributed by atoms with Crippen molar-refractivity contribution < 1.29 is 9.90 Å². The normalized spacial score (nSPS) is 21.7. The molecule has 0 spiro atoms. The molecule has 1 amide bonds. The van der Waals surface area contributed by atoms with Crippen LogP contribution in [0.5, 0.6) is 0 Å². The summed E-state index contributed by atoms with van der Waals surface area (Å²) in [5.41, 5.74) is 13.4. The van der Waals surface area contributed by atoms with Crippen LogP contribution in [0.2, 0.25) is 0 Å². The number of nitrogens with two attached hydrogens (primary N) is 1. The number of aryl methyl sites for hydroxylation is 1. The van der Waals surface area contributed by atoms with Crippen molar-refractivity contribution in [3.8, 4) is 0 Å². The molecule has 0 radical (unpaired) electrons. The molecule has 1 aromatic heterocycles. The van der Waals surface area contributed by atoms with Gasteiger partial charge in [0.25, 0.3) is 5.91 Å². The summed E-state index contributed by atoms with van der Waals surface area (Å²) in [6, 6.07) is 8.11. The van der Waals surface area contributed by atoms with Crippen LogP contribution < -0.4 is 5.73 Å². The van der Waals surface area contributed by atoms with E-state index in [4.69, 9.17) is 5.73 Å². The van der Waals surface area contributed by atoms with Crippen molar-refractivity contribution in [2.24, 2.45) is 10.7 Å². The molecular weight excluding hydrogens is 388 g/mol. The van der Waals surface area contributed by atoms with Gasteiger partial charge >= 0.3 is 0 Å². The monoisotopic (exact) mass is 418 g/mol. The van der Waals surface area contributed by atoms with Gasteiger partial charge in [-0.25, -0.2) is 0 Å². The lowest BCUT2D eigenvalue weighted by Gasteiger charge is -2.26. The Morgan fingerprint density at radius 2 is 2.16 bits per heavy atom. The number of carbonyl (C=O) groups excluding carboxylic acids is 1. The second-order valence-corrected chi connectivity index (χ2v) is 8.65. The topological polar surface area (TPSA) is 91.8 Å². The molecule has 2 atom stereocenters. The van der Waals surface area contributed by atoms with E-state index < -0.39 is 6.10 Å². The molecule has 1 aromatic carbocycles. The number of carbonyl (C=O) groups is 1. The number of amides is 1. The number of hydrogen-bond acceptors (Lipinski definition) is 5. The number of aliphatic imine (C=N–C) groups is 1. The first-order valence-electron chi connectivity index (χ1n) is 10.8. The Morgan fingerprint density at radius 1 is 1.35 bits per heavy atom. The zero-order chi connectivity index (χ0) is 22.1. The van der Waals surface area contributed by atoms with E-state index in [9.17, 15) is 9.90 Å². The van der Waals surface area contributed by atoms with Crippen LogP contribution >= 0.6 is 0 Å². The lowest BCUT2D eigenvalue weighted by Crippen LogP contribution is -2.40. The van der Waals surface area contributed by atoms with Crippen LogP contribution in [-0.2, 0) is 13.0 Å². The van der Waals surface area contributed by atoms with E-state index in [0.29, 0.717) is 18.7 Å². The molecule has 162 valence electrons. The highest BCUT2D eigenvalue weighted by molar-refractivity contribution is 6.09. The highest BCUT2D eigenvalue weighted by Gasteiger charge is 2.38. The van der Waals surface area contributed by atoms with Crippen LogP contribution in [0.3, 0.4) is 0 Å². The van der Waals surface area contributed by atoms with Crippen LogP contribution in [0, 0.1) is 6.92 Å². The third kappa shape index (κ3) is 4.12. The number of hydrogen-bond donors (Lipinski definition) is 2. The molecule has 1 aliphatic heterocycles. The maximum absolute atomic E-state index is 13.1. The molecule has 4 rings (SSSR count). The first-order valence-corrected chi connectivity index (χ1v) is 10.8. The van der Waals surface area contributed by atoms with Crippen molar-refractivity contribution in [1.82, 2.24) is 9.88 Å². The molecule has 6 heteroatoms. The van der Waals surface area contributed by atoms with Gasteiger partial charge in [-0.3, -0.25) is 14.8 Å². The van der Waals surface area contributed by atoms with Gasteiger partial charge in [-0.05, 0) is 73.9 Å². The third-order valence-electron chi connectivity index (χ3n) is 6.42. The summed E-state index contributed by atoms with van der Waals surface area (Å²) in [6.45, 7) is 4.52. The highest BCUT2D eigenvalue weighted by atomic mass is 16.3. The number of allylic oxidation sites excluding steroid dienone is 2. The molecule has 0 saturated heterocycles. The molecule has 1 fully saturated rings. The van der Waals surface area contributed by atoms with Gasteiger partial charge in [0.1, 0.15) is 0 Å². The molecular formula is C25H30N4O2. The second kappa shape index (κ2) is 8.63. The molecule has 0 unspecified atom stereocenters. The standard InChI is InChI=1S/C25H30N4O2/c1-15-9-19-14-29(23-5-4-6-24(23)30)25(31)20(19)11-18(15)10-17-7-8-22(28-12-17)21(13-27-3)16(2)26/h7-9,11-13,23-24,30H,4-6,10,14,26H2,1-3H3/t23-,24-/m0/s1. The van der Waals surface area contributed by atoms with E-state index in [-0.39, 0.29) is 11.9 Å². The number of benzene rings is 1.